The molecule has 1 aliphatic heterocycles. The monoisotopic (exact) mass is 511 g/mol. The van der Waals surface area contributed by atoms with Gasteiger partial charge < -0.3 is 15.4 Å². The van der Waals surface area contributed by atoms with E-state index in [-0.39, 0.29) is 35.9 Å². The molecule has 2 unspecified atom stereocenters. The zero-order valence-corrected chi connectivity index (χ0v) is 19.5. The van der Waals surface area contributed by atoms with Crippen molar-refractivity contribution in [2.45, 2.75) is 39.3 Å². The first-order valence-corrected chi connectivity index (χ1v) is 10.1. The minimum atomic E-state index is -0.225. The van der Waals surface area contributed by atoms with E-state index in [4.69, 9.17) is 4.74 Å². The summed E-state index contributed by atoms with van der Waals surface area (Å²) in [6.07, 6.45) is 2.32. The predicted octanol–water partition coefficient (Wildman–Crippen LogP) is 4.98. The lowest BCUT2D eigenvalue weighted by Gasteiger charge is -2.32. The molecule has 158 valence electrons. The SMILES string of the molecule is CCNC(=NCc1ccc(F)cc1)NCC1CCCOC1c1ccc(C)cc1.I. The summed E-state index contributed by atoms with van der Waals surface area (Å²) in [7, 11) is 0. The number of hydrogen-bond acceptors (Lipinski definition) is 2. The van der Waals surface area contributed by atoms with Crippen LogP contribution in [0.1, 0.15) is 42.6 Å². The molecular weight excluding hydrogens is 480 g/mol. The van der Waals surface area contributed by atoms with Crippen molar-refractivity contribution in [3.63, 3.8) is 0 Å². The van der Waals surface area contributed by atoms with Crippen molar-refractivity contribution < 1.29 is 9.13 Å². The fourth-order valence-corrected chi connectivity index (χ4v) is 3.51. The Balaban J connectivity index is 0.00000300. The summed E-state index contributed by atoms with van der Waals surface area (Å²) in [6.45, 7) is 7.07. The average Bonchev–Trinajstić information content (AvgIpc) is 2.72. The maximum atomic E-state index is 13.1. The van der Waals surface area contributed by atoms with E-state index >= 15 is 0 Å². The van der Waals surface area contributed by atoms with Gasteiger partial charge >= 0.3 is 0 Å². The zero-order valence-electron chi connectivity index (χ0n) is 17.2. The van der Waals surface area contributed by atoms with Crippen molar-refractivity contribution in [2.75, 3.05) is 19.7 Å². The molecule has 1 heterocycles. The van der Waals surface area contributed by atoms with E-state index in [0.717, 1.165) is 44.1 Å². The van der Waals surface area contributed by atoms with Crippen molar-refractivity contribution in [1.82, 2.24) is 10.6 Å². The van der Waals surface area contributed by atoms with Crippen LogP contribution in [0.15, 0.2) is 53.5 Å². The highest BCUT2D eigenvalue weighted by atomic mass is 127. The van der Waals surface area contributed by atoms with Gasteiger partial charge in [-0.3, -0.25) is 0 Å². The second kappa shape index (κ2) is 12.1. The van der Waals surface area contributed by atoms with Crippen molar-refractivity contribution in [1.29, 1.82) is 0 Å². The smallest absolute Gasteiger partial charge is 0.191 e. The van der Waals surface area contributed by atoms with Gasteiger partial charge in [-0.05, 0) is 49.9 Å². The van der Waals surface area contributed by atoms with E-state index in [1.54, 1.807) is 12.1 Å². The Bertz CT molecular complexity index is 765. The van der Waals surface area contributed by atoms with Gasteiger partial charge in [0.05, 0.1) is 12.6 Å². The maximum Gasteiger partial charge on any atom is 0.191 e. The number of ether oxygens (including phenoxy) is 1. The molecular formula is C23H31FIN3O. The molecule has 1 aliphatic rings. The highest BCUT2D eigenvalue weighted by Crippen LogP contribution is 2.33. The molecule has 2 aromatic carbocycles. The second-order valence-corrected chi connectivity index (χ2v) is 7.31. The molecule has 0 bridgehead atoms. The Morgan fingerprint density at radius 1 is 1.10 bits per heavy atom. The number of nitrogens with one attached hydrogen (secondary N) is 2. The molecule has 29 heavy (non-hydrogen) atoms. The molecule has 0 aromatic heterocycles. The second-order valence-electron chi connectivity index (χ2n) is 7.31. The van der Waals surface area contributed by atoms with Gasteiger partial charge in [-0.25, -0.2) is 9.38 Å². The lowest BCUT2D eigenvalue weighted by atomic mass is 9.89. The molecule has 2 N–H and O–H groups in total. The number of rotatable bonds is 6. The Morgan fingerprint density at radius 3 is 2.52 bits per heavy atom. The van der Waals surface area contributed by atoms with Gasteiger partial charge in [0.2, 0.25) is 0 Å². The first-order valence-electron chi connectivity index (χ1n) is 10.1. The number of benzene rings is 2. The summed E-state index contributed by atoms with van der Waals surface area (Å²) in [4.78, 5) is 4.64. The molecule has 0 aliphatic carbocycles. The van der Waals surface area contributed by atoms with E-state index in [1.807, 2.05) is 6.92 Å². The predicted molar refractivity (Wildman–Crippen MR) is 127 cm³/mol. The summed E-state index contributed by atoms with van der Waals surface area (Å²) in [5.41, 5.74) is 3.49. The van der Waals surface area contributed by atoms with Crippen molar-refractivity contribution >= 4 is 29.9 Å². The molecule has 0 spiro atoms. The third-order valence-corrected chi connectivity index (χ3v) is 5.06. The number of guanidine groups is 1. The van der Waals surface area contributed by atoms with Crippen LogP contribution in [0.4, 0.5) is 4.39 Å². The van der Waals surface area contributed by atoms with Gasteiger partial charge in [-0.1, -0.05) is 42.0 Å². The number of halogens is 2. The van der Waals surface area contributed by atoms with Crippen LogP contribution in [-0.4, -0.2) is 25.7 Å². The zero-order chi connectivity index (χ0) is 19.8. The molecule has 2 atom stereocenters. The van der Waals surface area contributed by atoms with Gasteiger partial charge in [0.25, 0.3) is 0 Å². The molecule has 0 radical (unpaired) electrons. The van der Waals surface area contributed by atoms with Gasteiger partial charge in [0.1, 0.15) is 5.82 Å². The lowest BCUT2D eigenvalue weighted by Crippen LogP contribution is -2.42. The Hall–Kier alpha value is -1.67. The summed E-state index contributed by atoms with van der Waals surface area (Å²) in [5, 5.41) is 6.76. The molecule has 0 saturated carbocycles. The van der Waals surface area contributed by atoms with E-state index in [1.165, 1.54) is 23.3 Å². The maximum absolute atomic E-state index is 13.1. The van der Waals surface area contributed by atoms with Gasteiger partial charge in [-0.15, -0.1) is 24.0 Å². The van der Waals surface area contributed by atoms with E-state index < -0.39 is 0 Å². The van der Waals surface area contributed by atoms with Crippen molar-refractivity contribution in [3.8, 4) is 0 Å². The van der Waals surface area contributed by atoms with Crippen LogP contribution in [0.2, 0.25) is 0 Å². The topological polar surface area (TPSA) is 45.7 Å². The molecule has 3 rings (SSSR count). The highest BCUT2D eigenvalue weighted by Gasteiger charge is 2.27. The van der Waals surface area contributed by atoms with Crippen LogP contribution in [0.5, 0.6) is 0 Å². The Labute approximate surface area is 190 Å². The fraction of sp³-hybridized carbons (Fsp3) is 0.435. The van der Waals surface area contributed by atoms with Crippen molar-refractivity contribution in [2.24, 2.45) is 10.9 Å². The normalized spacial score (nSPS) is 19.3. The number of nitrogens with zero attached hydrogens (tertiary/aromatic N) is 1. The molecule has 1 saturated heterocycles. The van der Waals surface area contributed by atoms with Crippen LogP contribution >= 0.6 is 24.0 Å². The fourth-order valence-electron chi connectivity index (χ4n) is 3.51. The van der Waals surface area contributed by atoms with Crippen LogP contribution in [0.25, 0.3) is 0 Å². The third kappa shape index (κ3) is 7.26. The molecule has 1 fully saturated rings. The van der Waals surface area contributed by atoms with Crippen LogP contribution < -0.4 is 10.6 Å². The molecule has 0 amide bonds. The molecule has 4 nitrogen and oxygen atoms in total. The summed E-state index contributed by atoms with van der Waals surface area (Å²) in [6, 6.07) is 15.1. The summed E-state index contributed by atoms with van der Waals surface area (Å²) >= 11 is 0. The molecule has 6 heteroatoms. The van der Waals surface area contributed by atoms with Gasteiger partial charge in [-0.2, -0.15) is 0 Å². The first-order chi connectivity index (χ1) is 13.7. The van der Waals surface area contributed by atoms with Crippen molar-refractivity contribution in [3.05, 3.63) is 71.0 Å². The number of aliphatic imine (C=N–C) groups is 1. The first kappa shape index (κ1) is 23.6. The molecule has 2 aromatic rings. The summed E-state index contributed by atoms with van der Waals surface area (Å²) in [5.74, 6) is 0.948. The minimum Gasteiger partial charge on any atom is -0.373 e. The average molecular weight is 511 g/mol. The minimum absolute atomic E-state index is 0. The quantitative estimate of drug-likeness (QED) is 0.327. The van der Waals surface area contributed by atoms with Gasteiger partial charge in [0.15, 0.2) is 5.96 Å². The third-order valence-electron chi connectivity index (χ3n) is 5.06. The van der Waals surface area contributed by atoms with Crippen LogP contribution in [0, 0.1) is 18.7 Å². The van der Waals surface area contributed by atoms with E-state index in [9.17, 15) is 4.39 Å². The summed E-state index contributed by atoms with van der Waals surface area (Å²) < 4.78 is 19.2. The number of aryl methyl sites for hydroxylation is 1. The van der Waals surface area contributed by atoms with Crippen LogP contribution in [-0.2, 0) is 11.3 Å². The van der Waals surface area contributed by atoms with Crippen LogP contribution in [0.3, 0.4) is 0 Å². The van der Waals surface area contributed by atoms with E-state index in [2.05, 4.69) is 46.8 Å². The number of hydrogen-bond donors (Lipinski definition) is 2. The lowest BCUT2D eigenvalue weighted by molar-refractivity contribution is -0.0265. The Morgan fingerprint density at radius 2 is 1.83 bits per heavy atom. The van der Waals surface area contributed by atoms with E-state index in [0.29, 0.717) is 12.5 Å². The Kier molecular flexibility index (Phi) is 9.87. The standard InChI is InChI=1S/C23H30FN3O.HI/c1-3-25-23(26-15-18-8-12-21(24)13-9-18)27-16-20-5-4-14-28-22(20)19-10-6-17(2)7-11-19;/h6-13,20,22H,3-5,14-16H2,1-2H3,(H2,25,26,27);1H. The highest BCUT2D eigenvalue weighted by molar-refractivity contribution is 14.0. The van der Waals surface area contributed by atoms with Gasteiger partial charge in [0, 0.05) is 25.6 Å². The largest absolute Gasteiger partial charge is 0.373 e.